The Bertz CT molecular complexity index is 1590. The second kappa shape index (κ2) is 7.98. The van der Waals surface area contributed by atoms with E-state index in [1.165, 1.54) is 4.90 Å². The van der Waals surface area contributed by atoms with Crippen molar-refractivity contribution < 1.29 is 27.5 Å². The molecule has 0 atom stereocenters. The van der Waals surface area contributed by atoms with E-state index in [9.17, 15) is 23.5 Å². The van der Waals surface area contributed by atoms with Crippen LogP contribution in [0.1, 0.15) is 21.5 Å². The molecule has 0 saturated carbocycles. The van der Waals surface area contributed by atoms with Gasteiger partial charge < -0.3 is 14.6 Å². The fraction of sp³-hybridized carbons (Fsp3) is 0.0833. The first-order chi connectivity index (χ1) is 16.2. The molecule has 0 amide bonds. The van der Waals surface area contributed by atoms with Gasteiger partial charge in [-0.3, -0.25) is 4.79 Å². The maximum atomic E-state index is 16.0. The molecule has 34 heavy (non-hydrogen) atoms. The minimum atomic E-state index is -1.66. The van der Waals surface area contributed by atoms with Gasteiger partial charge >= 0.3 is 5.97 Å². The van der Waals surface area contributed by atoms with E-state index in [-0.39, 0.29) is 13.1 Å². The highest BCUT2D eigenvalue weighted by atomic mass is 79.9. The summed E-state index contributed by atoms with van der Waals surface area (Å²) in [5.74, 6) is -5.92. The minimum Gasteiger partial charge on any atom is -0.477 e. The number of anilines is 1. The Hall–Kier alpha value is -3.66. The summed E-state index contributed by atoms with van der Waals surface area (Å²) in [6.45, 7) is 0.342. The number of nitrogens with zero attached hydrogens (tertiary/aromatic N) is 2. The van der Waals surface area contributed by atoms with Gasteiger partial charge in [-0.2, -0.15) is 0 Å². The average Bonchev–Trinajstić information content (AvgIpc) is 3.20. The molecule has 0 aliphatic carbocycles. The van der Waals surface area contributed by atoms with Crippen molar-refractivity contribution in [1.82, 2.24) is 4.57 Å². The summed E-state index contributed by atoms with van der Waals surface area (Å²) in [4.78, 5) is 25.8. The summed E-state index contributed by atoms with van der Waals surface area (Å²) in [7, 11) is 0. The Balaban J connectivity index is 1.82. The van der Waals surface area contributed by atoms with Crippen LogP contribution in [0.3, 0.4) is 0 Å². The largest absolute Gasteiger partial charge is 0.477 e. The molecule has 1 aliphatic rings. The molecule has 0 radical (unpaired) electrons. The first kappa shape index (κ1) is 22.1. The number of aromatic nitrogens is 1. The van der Waals surface area contributed by atoms with Gasteiger partial charge in [0.1, 0.15) is 28.7 Å². The lowest BCUT2D eigenvalue weighted by Gasteiger charge is -2.22. The molecule has 4 aromatic rings. The number of benzene rings is 3. The van der Waals surface area contributed by atoms with Gasteiger partial charge in [-0.05, 0) is 35.4 Å². The number of rotatable bonds is 3. The topological polar surface area (TPSA) is 62.5 Å². The first-order valence-electron chi connectivity index (χ1n) is 9.94. The van der Waals surface area contributed by atoms with Crippen molar-refractivity contribution in [2.24, 2.45) is 0 Å². The lowest BCUT2D eigenvalue weighted by Crippen LogP contribution is -2.23. The minimum absolute atomic E-state index is 0.165. The molecule has 0 fully saturated rings. The Morgan fingerprint density at radius 3 is 2.44 bits per heavy atom. The van der Waals surface area contributed by atoms with Crippen LogP contribution in [-0.2, 0) is 13.1 Å². The number of hydrogen-bond acceptors (Lipinski definition) is 3. The monoisotopic (exact) mass is 532 g/mol. The number of carboxylic acid groups (broad SMARTS) is 1. The molecule has 0 bridgehead atoms. The maximum Gasteiger partial charge on any atom is 0.341 e. The van der Waals surface area contributed by atoms with Crippen LogP contribution < -0.4 is 10.3 Å². The third kappa shape index (κ3) is 3.37. The summed E-state index contributed by atoms with van der Waals surface area (Å²) < 4.78 is 60.9. The standard InChI is InChI=1S/C24H13BrF4N2O3/c25-16-3-1-2-11-8-30(9-14(11)16)22-18(28)7-13-21(20(22)29)31(10-15(23(13)32)24(33)34)19-5-4-12(26)6-17(19)27/h1-7,10H,8-9H2,(H,33,34). The van der Waals surface area contributed by atoms with Crippen LogP contribution in [0.15, 0.2) is 57.9 Å². The number of halogens is 5. The van der Waals surface area contributed by atoms with E-state index in [0.29, 0.717) is 6.07 Å². The Morgan fingerprint density at radius 2 is 1.76 bits per heavy atom. The summed E-state index contributed by atoms with van der Waals surface area (Å²) >= 11 is 3.42. The Labute approximate surface area is 197 Å². The highest BCUT2D eigenvalue weighted by Gasteiger charge is 2.30. The van der Waals surface area contributed by atoms with Crippen LogP contribution in [-0.4, -0.2) is 15.6 Å². The predicted molar refractivity (Wildman–Crippen MR) is 120 cm³/mol. The van der Waals surface area contributed by atoms with Crippen LogP contribution >= 0.6 is 15.9 Å². The normalized spacial score (nSPS) is 12.9. The molecule has 0 unspecified atom stereocenters. The molecular weight excluding hydrogens is 520 g/mol. The van der Waals surface area contributed by atoms with Gasteiger partial charge in [0.2, 0.25) is 5.43 Å². The van der Waals surface area contributed by atoms with Gasteiger partial charge in [0.15, 0.2) is 5.82 Å². The molecule has 3 aromatic carbocycles. The second-order valence-electron chi connectivity index (χ2n) is 7.79. The lowest BCUT2D eigenvalue weighted by molar-refractivity contribution is 0.0695. The summed E-state index contributed by atoms with van der Waals surface area (Å²) in [5, 5.41) is 8.85. The third-order valence-corrected chi connectivity index (χ3v) is 6.54. The average molecular weight is 533 g/mol. The quantitative estimate of drug-likeness (QED) is 0.352. The molecule has 2 heterocycles. The Morgan fingerprint density at radius 1 is 1.00 bits per heavy atom. The van der Waals surface area contributed by atoms with Gasteiger partial charge in [-0.1, -0.05) is 28.1 Å². The van der Waals surface area contributed by atoms with Crippen LogP contribution in [0.2, 0.25) is 0 Å². The second-order valence-corrected chi connectivity index (χ2v) is 8.65. The number of hydrogen-bond donors (Lipinski definition) is 1. The lowest BCUT2D eigenvalue weighted by atomic mass is 10.1. The van der Waals surface area contributed by atoms with E-state index in [4.69, 9.17) is 0 Å². The molecule has 10 heteroatoms. The van der Waals surface area contributed by atoms with Crippen LogP contribution in [0.4, 0.5) is 23.2 Å². The maximum absolute atomic E-state index is 16.0. The van der Waals surface area contributed by atoms with E-state index in [0.717, 1.165) is 44.6 Å². The van der Waals surface area contributed by atoms with E-state index in [2.05, 4.69) is 15.9 Å². The molecule has 1 aliphatic heterocycles. The Kier molecular flexibility index (Phi) is 5.20. The van der Waals surface area contributed by atoms with E-state index in [1.807, 2.05) is 6.07 Å². The molecule has 5 nitrogen and oxygen atoms in total. The van der Waals surface area contributed by atoms with Crippen molar-refractivity contribution in [1.29, 1.82) is 0 Å². The summed E-state index contributed by atoms with van der Waals surface area (Å²) in [6, 6.07) is 8.58. The molecule has 0 spiro atoms. The summed E-state index contributed by atoms with van der Waals surface area (Å²) in [5.41, 5.74) is -1.64. The number of pyridine rings is 1. The smallest absolute Gasteiger partial charge is 0.341 e. The van der Waals surface area contributed by atoms with E-state index >= 15 is 8.78 Å². The number of carboxylic acids is 1. The number of fused-ring (bicyclic) bond motifs is 2. The molecule has 5 rings (SSSR count). The van der Waals surface area contributed by atoms with Gasteiger partial charge in [0, 0.05) is 29.8 Å². The molecule has 1 aromatic heterocycles. The van der Waals surface area contributed by atoms with Crippen molar-refractivity contribution in [2.75, 3.05) is 4.90 Å². The van der Waals surface area contributed by atoms with Crippen molar-refractivity contribution in [3.05, 3.63) is 103 Å². The molecular formula is C24H13BrF4N2O3. The number of aromatic carboxylic acids is 1. The SMILES string of the molecule is O=C(O)c1cn(-c2ccc(F)cc2F)c2c(F)c(N3Cc4cccc(Br)c4C3)c(F)cc2c1=O. The van der Waals surface area contributed by atoms with E-state index < -0.39 is 62.5 Å². The fourth-order valence-electron chi connectivity index (χ4n) is 4.25. The fourth-order valence-corrected chi connectivity index (χ4v) is 4.79. The van der Waals surface area contributed by atoms with Crippen molar-refractivity contribution in [3.8, 4) is 5.69 Å². The van der Waals surface area contributed by atoms with E-state index in [1.54, 1.807) is 12.1 Å². The summed E-state index contributed by atoms with van der Waals surface area (Å²) in [6.07, 6.45) is 0.753. The van der Waals surface area contributed by atoms with Crippen molar-refractivity contribution in [2.45, 2.75) is 13.1 Å². The third-order valence-electron chi connectivity index (χ3n) is 5.80. The van der Waals surface area contributed by atoms with Gasteiger partial charge in [-0.15, -0.1) is 0 Å². The van der Waals surface area contributed by atoms with Gasteiger partial charge in [-0.25, -0.2) is 22.4 Å². The molecule has 0 saturated heterocycles. The molecule has 172 valence electrons. The number of carbonyl (C=O) groups is 1. The van der Waals surface area contributed by atoms with Gasteiger partial charge in [0.05, 0.1) is 16.6 Å². The highest BCUT2D eigenvalue weighted by Crippen LogP contribution is 2.38. The van der Waals surface area contributed by atoms with Crippen LogP contribution in [0.5, 0.6) is 0 Å². The van der Waals surface area contributed by atoms with Crippen LogP contribution in [0.25, 0.3) is 16.6 Å². The van der Waals surface area contributed by atoms with Crippen molar-refractivity contribution >= 4 is 38.5 Å². The van der Waals surface area contributed by atoms with Crippen LogP contribution in [0, 0.1) is 23.3 Å². The zero-order valence-electron chi connectivity index (χ0n) is 17.1. The van der Waals surface area contributed by atoms with Crippen molar-refractivity contribution in [3.63, 3.8) is 0 Å². The predicted octanol–water partition coefficient (Wildman–Crippen LogP) is 5.53. The highest BCUT2D eigenvalue weighted by molar-refractivity contribution is 9.10. The first-order valence-corrected chi connectivity index (χ1v) is 10.7. The zero-order valence-corrected chi connectivity index (χ0v) is 18.7. The van der Waals surface area contributed by atoms with Gasteiger partial charge in [0.25, 0.3) is 0 Å². The zero-order chi connectivity index (χ0) is 24.3. The molecule has 1 N–H and O–H groups in total.